The van der Waals surface area contributed by atoms with Gasteiger partial charge in [0.1, 0.15) is 0 Å². The smallest absolute Gasteiger partial charge is 0.0311 e. The molecule has 3 atom stereocenters. The van der Waals surface area contributed by atoms with E-state index in [4.69, 9.17) is 0 Å². The molecule has 2 aliphatic carbocycles. The van der Waals surface area contributed by atoms with E-state index in [0.29, 0.717) is 12.0 Å². The molecule has 3 unspecified atom stereocenters. The Balaban J connectivity index is 0.000000691. The molecule has 2 heteroatoms. The van der Waals surface area contributed by atoms with Gasteiger partial charge in [0.05, 0.1) is 0 Å². The second kappa shape index (κ2) is 16.1. The van der Waals surface area contributed by atoms with Crippen LogP contribution in [0.15, 0.2) is 66.3 Å². The fourth-order valence-electron chi connectivity index (χ4n) is 6.67. The molecule has 0 N–H and O–H groups in total. The summed E-state index contributed by atoms with van der Waals surface area (Å²) in [6.45, 7) is 14.5. The Hall–Kier alpha value is -2.42. The number of fused-ring (bicyclic) bond motifs is 1. The lowest BCUT2D eigenvalue weighted by Crippen LogP contribution is -2.26. The van der Waals surface area contributed by atoms with Gasteiger partial charge in [0.15, 0.2) is 0 Å². The highest BCUT2D eigenvalue weighted by atomic mass is 15.1. The minimum absolute atomic E-state index is 0.478. The fraction of sp³-hybridized carbons (Fsp3) is 0.526. The van der Waals surface area contributed by atoms with E-state index < -0.39 is 0 Å². The summed E-state index contributed by atoms with van der Waals surface area (Å²) in [7, 11) is 4.55. The van der Waals surface area contributed by atoms with Crippen LogP contribution in [0.2, 0.25) is 0 Å². The maximum Gasteiger partial charge on any atom is 0.0311 e. The van der Waals surface area contributed by atoms with Crippen LogP contribution in [-0.4, -0.2) is 49.1 Å². The Labute approximate surface area is 246 Å². The number of benzene rings is 2. The van der Waals surface area contributed by atoms with E-state index in [-0.39, 0.29) is 0 Å². The summed E-state index contributed by atoms with van der Waals surface area (Å²) in [5.74, 6) is 0.478. The second-order valence-electron chi connectivity index (χ2n) is 11.1. The first kappa shape index (κ1) is 32.1. The van der Waals surface area contributed by atoms with Crippen molar-refractivity contribution in [3.8, 4) is 0 Å². The van der Waals surface area contributed by atoms with Gasteiger partial charge in [0.25, 0.3) is 0 Å². The standard InChI is InChI=1S/C32H38N2.3C2H6/c1-33-17-3-5-31(33)20-23-7-8-29-21-27(14-13-26(29)19-23)24-9-11-25(12-10-24)28-15-16-30(22-28)32-6-4-18-34(32)2;3*1-2/h7-16,19,27,31-32H,3-6,17-18,20-22H2,1-2H3;3*1-2H3. The largest absolute Gasteiger partial charge is 0.303 e. The summed E-state index contributed by atoms with van der Waals surface area (Å²) in [5, 5.41) is 0. The molecule has 4 aliphatic rings. The van der Waals surface area contributed by atoms with Gasteiger partial charge >= 0.3 is 0 Å². The summed E-state index contributed by atoms with van der Waals surface area (Å²) < 4.78 is 0. The zero-order valence-corrected chi connectivity index (χ0v) is 26.8. The lowest BCUT2D eigenvalue weighted by molar-refractivity contribution is 0.309. The van der Waals surface area contributed by atoms with Gasteiger partial charge in [-0.1, -0.05) is 108 Å². The molecule has 218 valence electrons. The molecule has 2 fully saturated rings. The monoisotopic (exact) mass is 540 g/mol. The molecule has 2 saturated heterocycles. The van der Waals surface area contributed by atoms with Crippen LogP contribution in [0.3, 0.4) is 0 Å². The third kappa shape index (κ3) is 7.65. The summed E-state index contributed by atoms with van der Waals surface area (Å²) in [6.07, 6.45) is 18.3. The van der Waals surface area contributed by atoms with Crippen LogP contribution in [0.5, 0.6) is 0 Å². The number of allylic oxidation sites excluding steroid dienone is 4. The maximum atomic E-state index is 2.53. The molecular formula is C38H56N2. The molecule has 40 heavy (non-hydrogen) atoms. The van der Waals surface area contributed by atoms with Crippen molar-refractivity contribution in [1.82, 2.24) is 9.80 Å². The van der Waals surface area contributed by atoms with E-state index in [1.54, 1.807) is 5.57 Å². The number of likely N-dealkylation sites (tertiary alicyclic amines) is 2. The summed E-state index contributed by atoms with van der Waals surface area (Å²) in [5.41, 5.74) is 10.3. The number of hydrogen-bond acceptors (Lipinski definition) is 2. The predicted octanol–water partition coefficient (Wildman–Crippen LogP) is 9.56. The molecule has 2 nitrogen and oxygen atoms in total. The van der Waals surface area contributed by atoms with E-state index in [1.165, 1.54) is 78.6 Å². The molecule has 0 bridgehead atoms. The first-order valence-corrected chi connectivity index (χ1v) is 16.3. The highest BCUT2D eigenvalue weighted by Gasteiger charge is 2.27. The van der Waals surface area contributed by atoms with Crippen molar-refractivity contribution in [2.24, 2.45) is 0 Å². The summed E-state index contributed by atoms with van der Waals surface area (Å²) in [6, 6.07) is 18.0. The van der Waals surface area contributed by atoms with Gasteiger partial charge in [-0.15, -0.1) is 0 Å². The van der Waals surface area contributed by atoms with Crippen LogP contribution < -0.4 is 0 Å². The molecule has 0 amide bonds. The minimum Gasteiger partial charge on any atom is -0.303 e. The highest BCUT2D eigenvalue weighted by molar-refractivity contribution is 5.73. The third-order valence-electron chi connectivity index (χ3n) is 8.85. The SMILES string of the molecule is CC.CC.CC.CN1CCCC1Cc1ccc2c(c1)C=CC(c1ccc(C3=CC=C(C4CCCN4C)C3)cc1)C2. The zero-order valence-electron chi connectivity index (χ0n) is 26.8. The number of likely N-dealkylation sites (N-methyl/N-ethyl adjacent to an activating group) is 2. The molecule has 2 heterocycles. The molecule has 0 spiro atoms. The second-order valence-corrected chi connectivity index (χ2v) is 11.1. The molecule has 2 aromatic carbocycles. The molecule has 0 aromatic heterocycles. The third-order valence-corrected chi connectivity index (χ3v) is 8.85. The summed E-state index contributed by atoms with van der Waals surface area (Å²) >= 11 is 0. The van der Waals surface area contributed by atoms with Crippen LogP contribution in [0.25, 0.3) is 11.6 Å². The van der Waals surface area contributed by atoms with Crippen LogP contribution in [-0.2, 0) is 12.8 Å². The Kier molecular flexibility index (Phi) is 12.9. The van der Waals surface area contributed by atoms with Gasteiger partial charge in [0.2, 0.25) is 0 Å². The molecule has 2 aliphatic heterocycles. The van der Waals surface area contributed by atoms with Gasteiger partial charge in [-0.2, -0.15) is 0 Å². The van der Waals surface area contributed by atoms with Crippen molar-refractivity contribution in [3.63, 3.8) is 0 Å². The van der Waals surface area contributed by atoms with Crippen molar-refractivity contribution < 1.29 is 0 Å². The number of nitrogens with zero attached hydrogens (tertiary/aromatic N) is 2. The normalized spacial score (nSPS) is 23.6. The average molecular weight is 541 g/mol. The number of hydrogen-bond donors (Lipinski definition) is 0. The Bertz CT molecular complexity index is 1140. The van der Waals surface area contributed by atoms with Crippen molar-refractivity contribution >= 4 is 11.6 Å². The van der Waals surface area contributed by atoms with Gasteiger partial charge in [0, 0.05) is 18.0 Å². The average Bonchev–Trinajstić information content (AvgIpc) is 3.78. The number of rotatable bonds is 5. The molecule has 2 aromatic rings. The Morgan fingerprint density at radius 3 is 2.12 bits per heavy atom. The Morgan fingerprint density at radius 2 is 1.48 bits per heavy atom. The highest BCUT2D eigenvalue weighted by Crippen LogP contribution is 2.36. The lowest BCUT2D eigenvalue weighted by atomic mass is 9.83. The van der Waals surface area contributed by atoms with Crippen LogP contribution in [0.1, 0.15) is 107 Å². The van der Waals surface area contributed by atoms with Crippen LogP contribution in [0.4, 0.5) is 0 Å². The van der Waals surface area contributed by atoms with Gasteiger partial charge < -0.3 is 4.90 Å². The quantitative estimate of drug-likeness (QED) is 0.372. The molecule has 6 rings (SSSR count). The van der Waals surface area contributed by atoms with Crippen molar-refractivity contribution in [1.29, 1.82) is 0 Å². The minimum atomic E-state index is 0.478. The van der Waals surface area contributed by atoms with Crippen LogP contribution >= 0.6 is 0 Å². The van der Waals surface area contributed by atoms with E-state index in [1.807, 2.05) is 41.5 Å². The molecular weight excluding hydrogens is 484 g/mol. The van der Waals surface area contributed by atoms with Gasteiger partial charge in [-0.3, -0.25) is 4.90 Å². The fourth-order valence-corrected chi connectivity index (χ4v) is 6.67. The summed E-state index contributed by atoms with van der Waals surface area (Å²) in [4.78, 5) is 5.05. The first-order valence-electron chi connectivity index (χ1n) is 16.3. The van der Waals surface area contributed by atoms with Crippen LogP contribution in [0, 0.1) is 0 Å². The van der Waals surface area contributed by atoms with Crippen molar-refractivity contribution in [2.75, 3.05) is 27.2 Å². The van der Waals surface area contributed by atoms with Gasteiger partial charge in [-0.25, -0.2) is 0 Å². The topological polar surface area (TPSA) is 6.48 Å². The Morgan fingerprint density at radius 1 is 0.775 bits per heavy atom. The van der Waals surface area contributed by atoms with E-state index >= 15 is 0 Å². The van der Waals surface area contributed by atoms with Crippen molar-refractivity contribution in [3.05, 3.63) is 94.1 Å². The van der Waals surface area contributed by atoms with Crippen molar-refractivity contribution in [2.45, 2.75) is 104 Å². The first-order chi connectivity index (χ1) is 19.6. The maximum absolute atomic E-state index is 2.53. The van der Waals surface area contributed by atoms with Gasteiger partial charge in [-0.05, 0) is 111 Å². The molecule has 0 saturated carbocycles. The van der Waals surface area contributed by atoms with E-state index in [9.17, 15) is 0 Å². The van der Waals surface area contributed by atoms with E-state index in [0.717, 1.165) is 18.9 Å². The molecule has 0 radical (unpaired) electrons. The zero-order chi connectivity index (χ0) is 29.1. The van der Waals surface area contributed by atoms with E-state index in [2.05, 4.69) is 90.7 Å². The lowest BCUT2D eigenvalue weighted by Gasteiger charge is -2.23. The predicted molar refractivity (Wildman–Crippen MR) is 178 cm³/mol.